The largest absolute Gasteiger partial charge is 0.391 e. The summed E-state index contributed by atoms with van der Waals surface area (Å²) in [7, 11) is 0. The number of halogens is 1. The maximum atomic E-state index is 14.2. The number of rotatable bonds is 3. The molecule has 2 aliphatic rings. The lowest BCUT2D eigenvalue weighted by Crippen LogP contribution is -2.45. The van der Waals surface area contributed by atoms with Crippen LogP contribution in [0.15, 0.2) is 18.2 Å². The number of amides is 1. The molecular weight excluding hydrogens is 283 g/mol. The van der Waals surface area contributed by atoms with Crippen molar-refractivity contribution in [2.24, 2.45) is 0 Å². The minimum Gasteiger partial charge on any atom is -0.391 e. The van der Waals surface area contributed by atoms with Crippen molar-refractivity contribution >= 4 is 11.6 Å². The maximum absolute atomic E-state index is 14.2. The van der Waals surface area contributed by atoms with Crippen LogP contribution < -0.4 is 10.2 Å². The summed E-state index contributed by atoms with van der Waals surface area (Å²) in [4.78, 5) is 14.3. The third-order valence-corrected chi connectivity index (χ3v) is 4.70. The second-order valence-corrected chi connectivity index (χ2v) is 6.29. The van der Waals surface area contributed by atoms with Crippen LogP contribution in [0, 0.1) is 5.82 Å². The van der Waals surface area contributed by atoms with Crippen LogP contribution in [0.2, 0.25) is 0 Å². The summed E-state index contributed by atoms with van der Waals surface area (Å²) in [5, 5.41) is 12.7. The average molecular weight is 306 g/mol. The summed E-state index contributed by atoms with van der Waals surface area (Å²) in [5.74, 6) is -0.656. The predicted molar refractivity (Wildman–Crippen MR) is 83.6 cm³/mol. The molecule has 120 valence electrons. The average Bonchev–Trinajstić information content (AvgIpc) is 3.03. The third-order valence-electron chi connectivity index (χ3n) is 4.70. The number of carbonyl (C=O) groups excluding carboxylic acids is 1. The molecule has 1 aliphatic heterocycles. The molecule has 0 radical (unpaired) electrons. The molecule has 4 nitrogen and oxygen atoms in total. The van der Waals surface area contributed by atoms with E-state index in [9.17, 15) is 14.3 Å². The van der Waals surface area contributed by atoms with Crippen LogP contribution in [-0.4, -0.2) is 36.2 Å². The molecule has 0 aromatic heterocycles. The summed E-state index contributed by atoms with van der Waals surface area (Å²) in [6, 6.07) is 4.44. The van der Waals surface area contributed by atoms with Crippen LogP contribution in [0.1, 0.15) is 48.9 Å². The number of nitrogens with zero attached hydrogens (tertiary/aromatic N) is 1. The van der Waals surface area contributed by atoms with Crippen LogP contribution in [0.4, 0.5) is 10.1 Å². The number of nitrogens with one attached hydrogen (secondary N) is 1. The molecule has 1 saturated carbocycles. The molecule has 5 heteroatoms. The van der Waals surface area contributed by atoms with E-state index >= 15 is 0 Å². The van der Waals surface area contributed by atoms with Gasteiger partial charge >= 0.3 is 0 Å². The first-order valence-electron chi connectivity index (χ1n) is 8.18. The van der Waals surface area contributed by atoms with Gasteiger partial charge in [-0.25, -0.2) is 4.39 Å². The van der Waals surface area contributed by atoms with Crippen molar-refractivity contribution in [3.8, 4) is 0 Å². The molecule has 22 heavy (non-hydrogen) atoms. The zero-order valence-corrected chi connectivity index (χ0v) is 12.7. The highest BCUT2D eigenvalue weighted by atomic mass is 19.1. The normalized spacial score (nSPS) is 25.3. The molecule has 1 aromatic carbocycles. The number of hydrogen-bond acceptors (Lipinski definition) is 3. The lowest BCUT2D eigenvalue weighted by Gasteiger charge is -2.28. The van der Waals surface area contributed by atoms with Gasteiger partial charge in [-0.3, -0.25) is 4.79 Å². The summed E-state index contributed by atoms with van der Waals surface area (Å²) < 4.78 is 14.2. The van der Waals surface area contributed by atoms with Crippen molar-refractivity contribution in [3.05, 3.63) is 29.6 Å². The second-order valence-electron chi connectivity index (χ2n) is 6.29. The van der Waals surface area contributed by atoms with E-state index in [4.69, 9.17) is 0 Å². The Morgan fingerprint density at radius 2 is 1.91 bits per heavy atom. The number of carbonyl (C=O) groups is 1. The summed E-state index contributed by atoms with van der Waals surface area (Å²) in [6.07, 6.45) is 5.17. The van der Waals surface area contributed by atoms with Gasteiger partial charge < -0.3 is 15.3 Å². The molecule has 2 N–H and O–H groups in total. The molecule has 2 fully saturated rings. The van der Waals surface area contributed by atoms with E-state index in [0.29, 0.717) is 17.7 Å². The van der Waals surface area contributed by atoms with Gasteiger partial charge in [0.25, 0.3) is 5.91 Å². The van der Waals surface area contributed by atoms with E-state index in [1.807, 2.05) is 4.90 Å². The maximum Gasteiger partial charge on any atom is 0.251 e. The fourth-order valence-corrected chi connectivity index (χ4v) is 3.39. The zero-order chi connectivity index (χ0) is 15.5. The van der Waals surface area contributed by atoms with Crippen LogP contribution >= 0.6 is 0 Å². The quantitative estimate of drug-likeness (QED) is 0.902. The number of aliphatic hydroxyl groups is 1. The minimum atomic E-state index is -0.494. The third kappa shape index (κ3) is 3.24. The van der Waals surface area contributed by atoms with Gasteiger partial charge in [-0.1, -0.05) is 12.8 Å². The fourth-order valence-electron chi connectivity index (χ4n) is 3.39. The number of anilines is 1. The first-order chi connectivity index (χ1) is 10.6. The van der Waals surface area contributed by atoms with Crippen molar-refractivity contribution in [1.82, 2.24) is 5.32 Å². The van der Waals surface area contributed by atoms with Gasteiger partial charge in [0.2, 0.25) is 0 Å². The van der Waals surface area contributed by atoms with Gasteiger partial charge in [0.1, 0.15) is 5.82 Å². The van der Waals surface area contributed by atoms with E-state index < -0.39 is 6.10 Å². The van der Waals surface area contributed by atoms with Gasteiger partial charge in [0.05, 0.1) is 17.8 Å². The first-order valence-corrected chi connectivity index (χ1v) is 8.18. The first kappa shape index (κ1) is 15.3. The van der Waals surface area contributed by atoms with Gasteiger partial charge in [0.15, 0.2) is 0 Å². The lowest BCUT2D eigenvalue weighted by atomic mass is 9.92. The highest BCUT2D eigenvalue weighted by molar-refractivity contribution is 5.94. The standard InChI is InChI=1S/C17H23FN2O2/c18-13-11-12(7-8-15(13)20-9-3-4-10-20)17(22)19-14-5-1-2-6-16(14)21/h7-8,11,14,16,21H,1-6,9-10H2,(H,19,22). The Morgan fingerprint density at radius 1 is 1.18 bits per heavy atom. The Labute approximate surface area is 130 Å². The highest BCUT2D eigenvalue weighted by Crippen LogP contribution is 2.25. The van der Waals surface area contributed by atoms with Crippen molar-refractivity contribution in [2.75, 3.05) is 18.0 Å². The van der Waals surface area contributed by atoms with Gasteiger partial charge in [0, 0.05) is 18.7 Å². The summed E-state index contributed by atoms with van der Waals surface area (Å²) >= 11 is 0. The highest BCUT2D eigenvalue weighted by Gasteiger charge is 2.25. The smallest absolute Gasteiger partial charge is 0.251 e. The topological polar surface area (TPSA) is 52.6 Å². The molecule has 2 unspecified atom stereocenters. The fraction of sp³-hybridized carbons (Fsp3) is 0.588. The van der Waals surface area contributed by atoms with Gasteiger partial charge in [-0.05, 0) is 43.9 Å². The Hall–Kier alpha value is -1.62. The minimum absolute atomic E-state index is 0.220. The number of hydrogen-bond donors (Lipinski definition) is 2. The molecule has 1 saturated heterocycles. The van der Waals surface area contributed by atoms with Gasteiger partial charge in [-0.15, -0.1) is 0 Å². The van der Waals surface area contributed by atoms with Crippen molar-refractivity contribution in [2.45, 2.75) is 50.7 Å². The Bertz CT molecular complexity index is 543. The molecule has 1 aliphatic carbocycles. The number of benzene rings is 1. The zero-order valence-electron chi connectivity index (χ0n) is 12.7. The Kier molecular flexibility index (Phi) is 4.62. The van der Waals surface area contributed by atoms with Crippen molar-refractivity contribution in [3.63, 3.8) is 0 Å². The lowest BCUT2D eigenvalue weighted by molar-refractivity contribution is 0.0717. The van der Waals surface area contributed by atoms with E-state index in [2.05, 4.69) is 5.32 Å². The molecule has 3 rings (SSSR count). The van der Waals surface area contributed by atoms with Crippen LogP contribution in [0.25, 0.3) is 0 Å². The Morgan fingerprint density at radius 3 is 2.59 bits per heavy atom. The molecule has 1 amide bonds. The molecule has 2 atom stereocenters. The van der Waals surface area contributed by atoms with E-state index in [0.717, 1.165) is 45.2 Å². The van der Waals surface area contributed by atoms with E-state index in [-0.39, 0.29) is 17.8 Å². The number of aliphatic hydroxyl groups excluding tert-OH is 1. The molecule has 1 heterocycles. The van der Waals surface area contributed by atoms with Crippen LogP contribution in [0.3, 0.4) is 0 Å². The van der Waals surface area contributed by atoms with Crippen LogP contribution in [-0.2, 0) is 0 Å². The van der Waals surface area contributed by atoms with Gasteiger partial charge in [-0.2, -0.15) is 0 Å². The summed E-state index contributed by atoms with van der Waals surface area (Å²) in [6.45, 7) is 1.74. The summed E-state index contributed by atoms with van der Waals surface area (Å²) in [5.41, 5.74) is 0.893. The molecular formula is C17H23FN2O2. The second kappa shape index (κ2) is 6.65. The Balaban J connectivity index is 1.68. The van der Waals surface area contributed by atoms with Crippen molar-refractivity contribution in [1.29, 1.82) is 0 Å². The predicted octanol–water partition coefficient (Wildman–Crippen LogP) is 2.46. The SMILES string of the molecule is O=C(NC1CCCCC1O)c1ccc(N2CCCC2)c(F)c1. The van der Waals surface area contributed by atoms with Crippen LogP contribution in [0.5, 0.6) is 0 Å². The monoisotopic (exact) mass is 306 g/mol. The molecule has 1 aromatic rings. The van der Waals surface area contributed by atoms with E-state index in [1.54, 1.807) is 12.1 Å². The van der Waals surface area contributed by atoms with E-state index in [1.165, 1.54) is 6.07 Å². The molecule has 0 bridgehead atoms. The molecule has 0 spiro atoms. The van der Waals surface area contributed by atoms with Crippen molar-refractivity contribution < 1.29 is 14.3 Å².